The van der Waals surface area contributed by atoms with Crippen LogP contribution >= 0.6 is 11.3 Å². The maximum absolute atomic E-state index is 13.2. The van der Waals surface area contributed by atoms with Crippen LogP contribution in [0.3, 0.4) is 0 Å². The molecule has 3 N–H and O–H groups in total. The fourth-order valence-corrected chi connectivity index (χ4v) is 4.85. The Bertz CT molecular complexity index is 821. The maximum Gasteiger partial charge on any atom is 0.238 e. The highest BCUT2D eigenvalue weighted by Gasteiger charge is 2.41. The number of carbonyl (C=O) groups is 2. The van der Waals surface area contributed by atoms with Gasteiger partial charge in [-0.3, -0.25) is 9.59 Å². The zero-order chi connectivity index (χ0) is 18.1. The van der Waals surface area contributed by atoms with Gasteiger partial charge in [0.2, 0.25) is 5.91 Å². The molecule has 1 aliphatic heterocycles. The summed E-state index contributed by atoms with van der Waals surface area (Å²) in [7, 11) is 0. The SMILES string of the molecule is NC(=O)C1(CC(=O)c2nc(C3CC3)sc2-c2ccccc2)CCCCN1. The van der Waals surface area contributed by atoms with Gasteiger partial charge in [0.1, 0.15) is 11.2 Å². The van der Waals surface area contributed by atoms with Crippen molar-refractivity contribution in [3.63, 3.8) is 0 Å². The fourth-order valence-electron chi connectivity index (χ4n) is 3.59. The molecular weight excluding hydrogens is 346 g/mol. The number of nitrogens with zero attached hydrogens (tertiary/aromatic N) is 1. The van der Waals surface area contributed by atoms with E-state index in [2.05, 4.69) is 5.32 Å². The van der Waals surface area contributed by atoms with Crippen LogP contribution in [0.4, 0.5) is 0 Å². The van der Waals surface area contributed by atoms with Crippen LogP contribution in [0.15, 0.2) is 30.3 Å². The first-order valence-electron chi connectivity index (χ1n) is 9.23. The van der Waals surface area contributed by atoms with E-state index in [1.165, 1.54) is 0 Å². The van der Waals surface area contributed by atoms with Crippen molar-refractivity contribution in [3.05, 3.63) is 41.0 Å². The van der Waals surface area contributed by atoms with Crippen LogP contribution in [0.1, 0.15) is 59.9 Å². The number of amides is 1. The normalized spacial score (nSPS) is 22.9. The highest BCUT2D eigenvalue weighted by Crippen LogP contribution is 2.45. The Hall–Kier alpha value is -2.05. The lowest BCUT2D eigenvalue weighted by Crippen LogP contribution is -2.58. The summed E-state index contributed by atoms with van der Waals surface area (Å²) in [5.41, 5.74) is 6.23. The first kappa shape index (κ1) is 17.4. The molecular formula is C20H23N3O2S. The Morgan fingerprint density at radius 2 is 2.00 bits per heavy atom. The predicted molar refractivity (Wildman–Crippen MR) is 102 cm³/mol. The summed E-state index contributed by atoms with van der Waals surface area (Å²) >= 11 is 1.61. The molecule has 6 heteroatoms. The second-order valence-corrected chi connectivity index (χ2v) is 8.33. The standard InChI is InChI=1S/C20H23N3O2S/c21-19(25)20(10-4-5-11-22-20)12-15(24)16-17(13-6-2-1-3-7-13)26-18(23-16)14-8-9-14/h1-3,6-7,14,22H,4-5,8-12H2,(H2,21,25). The second-order valence-electron chi connectivity index (χ2n) is 7.30. The van der Waals surface area contributed by atoms with E-state index >= 15 is 0 Å². The Morgan fingerprint density at radius 1 is 1.23 bits per heavy atom. The van der Waals surface area contributed by atoms with Crippen LogP contribution < -0.4 is 11.1 Å². The predicted octanol–water partition coefficient (Wildman–Crippen LogP) is 3.26. The van der Waals surface area contributed by atoms with Crippen molar-refractivity contribution in [2.24, 2.45) is 5.73 Å². The van der Waals surface area contributed by atoms with Gasteiger partial charge in [-0.15, -0.1) is 11.3 Å². The number of aromatic nitrogens is 1. The molecule has 2 heterocycles. The Labute approximate surface area is 157 Å². The molecule has 5 nitrogen and oxygen atoms in total. The number of rotatable bonds is 6. The molecule has 2 fully saturated rings. The van der Waals surface area contributed by atoms with E-state index in [1.54, 1.807) is 11.3 Å². The van der Waals surface area contributed by atoms with E-state index in [0.29, 0.717) is 24.6 Å². The van der Waals surface area contributed by atoms with Gasteiger partial charge in [0.05, 0.1) is 9.88 Å². The molecule has 1 saturated carbocycles. The minimum absolute atomic E-state index is 0.0794. The zero-order valence-corrected chi connectivity index (χ0v) is 15.5. The third kappa shape index (κ3) is 3.31. The number of primary amides is 1. The lowest BCUT2D eigenvalue weighted by Gasteiger charge is -2.34. The molecule has 1 saturated heterocycles. The number of thiazole rings is 1. The van der Waals surface area contributed by atoms with Crippen molar-refractivity contribution in [1.29, 1.82) is 0 Å². The molecule has 136 valence electrons. The highest BCUT2D eigenvalue weighted by atomic mass is 32.1. The van der Waals surface area contributed by atoms with E-state index in [0.717, 1.165) is 41.1 Å². The summed E-state index contributed by atoms with van der Waals surface area (Å²) in [6.07, 6.45) is 4.87. The first-order valence-corrected chi connectivity index (χ1v) is 10.0. The lowest BCUT2D eigenvalue weighted by molar-refractivity contribution is -0.125. The number of hydrogen-bond donors (Lipinski definition) is 2. The number of nitrogens with one attached hydrogen (secondary N) is 1. The molecule has 1 aromatic heterocycles. The van der Waals surface area contributed by atoms with Gasteiger partial charge in [0.15, 0.2) is 5.78 Å². The van der Waals surface area contributed by atoms with Gasteiger partial charge in [-0.05, 0) is 44.2 Å². The van der Waals surface area contributed by atoms with Crippen molar-refractivity contribution in [1.82, 2.24) is 10.3 Å². The summed E-state index contributed by atoms with van der Waals surface area (Å²) in [4.78, 5) is 30.9. The van der Waals surface area contributed by atoms with E-state index in [-0.39, 0.29) is 12.2 Å². The van der Waals surface area contributed by atoms with Crippen LogP contribution in [0.5, 0.6) is 0 Å². The summed E-state index contributed by atoms with van der Waals surface area (Å²) in [5.74, 6) is -0.0495. The molecule has 1 amide bonds. The van der Waals surface area contributed by atoms with Crippen LogP contribution in [-0.2, 0) is 4.79 Å². The summed E-state index contributed by atoms with van der Waals surface area (Å²) in [6, 6.07) is 9.90. The van der Waals surface area contributed by atoms with Crippen LogP contribution in [0.2, 0.25) is 0 Å². The van der Waals surface area contributed by atoms with Crippen LogP contribution in [0.25, 0.3) is 10.4 Å². The molecule has 1 aromatic carbocycles. The minimum Gasteiger partial charge on any atom is -0.368 e. The first-order chi connectivity index (χ1) is 12.6. The van der Waals surface area contributed by atoms with Crippen molar-refractivity contribution in [2.75, 3.05) is 6.54 Å². The van der Waals surface area contributed by atoms with Gasteiger partial charge in [0, 0.05) is 12.3 Å². The largest absolute Gasteiger partial charge is 0.368 e. The quantitative estimate of drug-likeness (QED) is 0.766. The average Bonchev–Trinajstić information content (AvgIpc) is 3.41. The summed E-state index contributed by atoms with van der Waals surface area (Å²) < 4.78 is 0. The maximum atomic E-state index is 13.2. The van der Waals surface area contributed by atoms with E-state index in [4.69, 9.17) is 10.7 Å². The van der Waals surface area contributed by atoms with Crippen LogP contribution in [-0.4, -0.2) is 28.8 Å². The topological polar surface area (TPSA) is 85.1 Å². The van der Waals surface area contributed by atoms with E-state index in [1.807, 2.05) is 30.3 Å². The number of carbonyl (C=O) groups excluding carboxylic acids is 2. The monoisotopic (exact) mass is 369 g/mol. The fraction of sp³-hybridized carbons (Fsp3) is 0.450. The number of Topliss-reactive ketones (excluding diaryl/α,β-unsaturated/α-hetero) is 1. The van der Waals surface area contributed by atoms with Crippen molar-refractivity contribution < 1.29 is 9.59 Å². The highest BCUT2D eigenvalue weighted by molar-refractivity contribution is 7.15. The second kappa shape index (κ2) is 6.93. The van der Waals surface area contributed by atoms with Gasteiger partial charge < -0.3 is 11.1 Å². The minimum atomic E-state index is -0.938. The van der Waals surface area contributed by atoms with Gasteiger partial charge in [-0.1, -0.05) is 30.3 Å². The van der Waals surface area contributed by atoms with Gasteiger partial charge in [-0.25, -0.2) is 4.98 Å². The average molecular weight is 369 g/mol. The number of hydrogen-bond acceptors (Lipinski definition) is 5. The zero-order valence-electron chi connectivity index (χ0n) is 14.7. The van der Waals surface area contributed by atoms with Crippen molar-refractivity contribution in [2.45, 2.75) is 50.0 Å². The Morgan fingerprint density at radius 3 is 2.62 bits per heavy atom. The van der Waals surface area contributed by atoms with Gasteiger partial charge >= 0.3 is 0 Å². The molecule has 2 aliphatic rings. The molecule has 2 aromatic rings. The Balaban J connectivity index is 1.67. The van der Waals surface area contributed by atoms with E-state index < -0.39 is 11.4 Å². The van der Waals surface area contributed by atoms with Gasteiger partial charge in [0.25, 0.3) is 0 Å². The molecule has 1 unspecified atom stereocenters. The van der Waals surface area contributed by atoms with Crippen molar-refractivity contribution >= 4 is 23.0 Å². The van der Waals surface area contributed by atoms with Gasteiger partial charge in [-0.2, -0.15) is 0 Å². The number of piperidine rings is 1. The number of nitrogens with two attached hydrogens (primary N) is 1. The van der Waals surface area contributed by atoms with E-state index in [9.17, 15) is 9.59 Å². The number of ketones is 1. The number of benzene rings is 1. The Kier molecular flexibility index (Phi) is 4.63. The third-order valence-corrected chi connectivity index (χ3v) is 6.57. The molecule has 1 atom stereocenters. The summed E-state index contributed by atoms with van der Waals surface area (Å²) in [6.45, 7) is 0.714. The molecule has 26 heavy (non-hydrogen) atoms. The third-order valence-electron chi connectivity index (χ3n) is 5.30. The molecule has 0 spiro atoms. The summed E-state index contributed by atoms with van der Waals surface area (Å²) in [5, 5.41) is 4.25. The van der Waals surface area contributed by atoms with Crippen LogP contribution in [0, 0.1) is 0 Å². The molecule has 1 aliphatic carbocycles. The molecule has 0 radical (unpaired) electrons. The smallest absolute Gasteiger partial charge is 0.238 e. The lowest BCUT2D eigenvalue weighted by atomic mass is 9.83. The van der Waals surface area contributed by atoms with Crippen molar-refractivity contribution in [3.8, 4) is 10.4 Å². The molecule has 4 rings (SSSR count). The molecule has 0 bridgehead atoms.